The lowest BCUT2D eigenvalue weighted by atomic mass is 10.1. The largest absolute Gasteiger partial charge is 0.508 e. The van der Waals surface area contributed by atoms with Gasteiger partial charge in [-0.3, -0.25) is 4.98 Å². The van der Waals surface area contributed by atoms with Crippen molar-refractivity contribution in [2.75, 3.05) is 5.32 Å². The number of aryl methyl sites for hydroxylation is 1. The normalized spacial score (nSPS) is 10.6. The first-order valence-corrected chi connectivity index (χ1v) is 6.74. The van der Waals surface area contributed by atoms with Gasteiger partial charge >= 0.3 is 5.97 Å². The number of phenols is 1. The summed E-state index contributed by atoms with van der Waals surface area (Å²) in [5.74, 6) is -0.811. The Morgan fingerprint density at radius 3 is 2.55 bits per heavy atom. The van der Waals surface area contributed by atoms with Crippen molar-refractivity contribution in [1.82, 2.24) is 4.98 Å². The van der Waals surface area contributed by atoms with Crippen LogP contribution in [0.3, 0.4) is 0 Å². The summed E-state index contributed by atoms with van der Waals surface area (Å²) in [6, 6.07) is 13.6. The molecule has 0 amide bonds. The summed E-state index contributed by atoms with van der Waals surface area (Å²) >= 11 is 0. The molecule has 0 aliphatic rings. The van der Waals surface area contributed by atoms with Gasteiger partial charge in [0.15, 0.2) is 0 Å². The Labute approximate surface area is 126 Å². The number of aromatic carboxylic acids is 1. The average Bonchev–Trinajstić information content (AvgIpc) is 2.48. The molecule has 5 heteroatoms. The summed E-state index contributed by atoms with van der Waals surface area (Å²) in [4.78, 5) is 15.7. The van der Waals surface area contributed by atoms with E-state index in [0.717, 1.165) is 22.5 Å². The van der Waals surface area contributed by atoms with E-state index in [1.165, 1.54) is 0 Å². The monoisotopic (exact) mass is 294 g/mol. The van der Waals surface area contributed by atoms with Crippen LogP contribution in [0.5, 0.6) is 5.75 Å². The number of hydrogen-bond acceptors (Lipinski definition) is 4. The predicted molar refractivity (Wildman–Crippen MR) is 84.8 cm³/mol. The number of nitrogens with one attached hydrogen (secondary N) is 1. The standard InChI is InChI=1S/C17H14N2O3/c1-10-9-15(19-11-5-7-12(20)8-6-11)13-3-2-4-14(17(21)22)16(13)18-10/h2-9,20H,1H3,(H,18,19)(H,21,22). The molecule has 0 radical (unpaired) electrons. The number of hydrogen-bond donors (Lipinski definition) is 3. The van der Waals surface area contributed by atoms with Gasteiger partial charge in [0.1, 0.15) is 5.75 Å². The minimum Gasteiger partial charge on any atom is -0.508 e. The van der Waals surface area contributed by atoms with E-state index in [-0.39, 0.29) is 11.3 Å². The minimum atomic E-state index is -1.00. The molecular formula is C17H14N2O3. The molecule has 0 aliphatic heterocycles. The molecule has 0 fully saturated rings. The van der Waals surface area contributed by atoms with E-state index in [2.05, 4.69) is 10.3 Å². The van der Waals surface area contributed by atoms with Crippen LogP contribution in [0.25, 0.3) is 10.9 Å². The van der Waals surface area contributed by atoms with Gasteiger partial charge in [-0.1, -0.05) is 12.1 Å². The van der Waals surface area contributed by atoms with Crippen LogP contribution in [0.1, 0.15) is 16.1 Å². The number of benzene rings is 2. The molecular weight excluding hydrogens is 280 g/mol. The zero-order valence-electron chi connectivity index (χ0n) is 11.9. The van der Waals surface area contributed by atoms with Crippen molar-refractivity contribution >= 4 is 28.2 Å². The first-order valence-electron chi connectivity index (χ1n) is 6.74. The Hall–Kier alpha value is -3.08. The molecule has 110 valence electrons. The number of fused-ring (bicyclic) bond motifs is 1. The molecule has 22 heavy (non-hydrogen) atoms. The van der Waals surface area contributed by atoms with Crippen molar-refractivity contribution in [3.8, 4) is 5.75 Å². The molecule has 0 saturated heterocycles. The number of para-hydroxylation sites is 1. The van der Waals surface area contributed by atoms with Gasteiger partial charge in [-0.25, -0.2) is 4.79 Å². The molecule has 0 atom stereocenters. The number of phenolic OH excluding ortho intramolecular Hbond substituents is 1. The number of carboxylic acid groups (broad SMARTS) is 1. The highest BCUT2D eigenvalue weighted by Gasteiger charge is 2.12. The van der Waals surface area contributed by atoms with Gasteiger partial charge in [-0.15, -0.1) is 0 Å². The van der Waals surface area contributed by atoms with Crippen LogP contribution in [-0.2, 0) is 0 Å². The van der Waals surface area contributed by atoms with Gasteiger partial charge < -0.3 is 15.5 Å². The van der Waals surface area contributed by atoms with Crippen molar-refractivity contribution in [2.24, 2.45) is 0 Å². The number of carboxylic acids is 1. The summed E-state index contributed by atoms with van der Waals surface area (Å²) in [7, 11) is 0. The van der Waals surface area contributed by atoms with E-state index >= 15 is 0 Å². The second-order valence-electron chi connectivity index (χ2n) is 4.99. The van der Waals surface area contributed by atoms with Gasteiger partial charge in [0, 0.05) is 22.5 Å². The minimum absolute atomic E-state index is 0.176. The lowest BCUT2D eigenvalue weighted by Gasteiger charge is -2.12. The van der Waals surface area contributed by atoms with E-state index in [1.807, 2.05) is 19.1 Å². The highest BCUT2D eigenvalue weighted by Crippen LogP contribution is 2.29. The van der Waals surface area contributed by atoms with Crippen LogP contribution >= 0.6 is 0 Å². The average molecular weight is 294 g/mol. The molecule has 0 spiro atoms. The van der Waals surface area contributed by atoms with Gasteiger partial charge in [0.2, 0.25) is 0 Å². The Balaban J connectivity index is 2.15. The number of carbonyl (C=O) groups is 1. The molecule has 1 aromatic heterocycles. The third kappa shape index (κ3) is 2.56. The molecule has 0 aliphatic carbocycles. The van der Waals surface area contributed by atoms with Crippen LogP contribution in [0.2, 0.25) is 0 Å². The van der Waals surface area contributed by atoms with Gasteiger partial charge in [-0.2, -0.15) is 0 Å². The topological polar surface area (TPSA) is 82.5 Å². The van der Waals surface area contributed by atoms with Crippen molar-refractivity contribution in [2.45, 2.75) is 6.92 Å². The maximum atomic E-state index is 11.3. The Morgan fingerprint density at radius 2 is 1.86 bits per heavy atom. The van der Waals surface area contributed by atoms with Crippen molar-refractivity contribution in [3.05, 3.63) is 59.8 Å². The number of rotatable bonds is 3. The number of aromatic nitrogens is 1. The van der Waals surface area contributed by atoms with Gasteiger partial charge in [-0.05, 0) is 43.3 Å². The third-order valence-corrected chi connectivity index (χ3v) is 3.34. The first-order chi connectivity index (χ1) is 10.5. The smallest absolute Gasteiger partial charge is 0.337 e. The van der Waals surface area contributed by atoms with Gasteiger partial charge in [0.05, 0.1) is 11.1 Å². The number of aromatic hydroxyl groups is 1. The zero-order valence-corrected chi connectivity index (χ0v) is 11.9. The second kappa shape index (κ2) is 5.37. The lowest BCUT2D eigenvalue weighted by molar-refractivity contribution is 0.0699. The van der Waals surface area contributed by atoms with E-state index in [1.54, 1.807) is 36.4 Å². The summed E-state index contributed by atoms with van der Waals surface area (Å²) in [6.45, 7) is 1.82. The van der Waals surface area contributed by atoms with Crippen LogP contribution in [0.15, 0.2) is 48.5 Å². The van der Waals surface area contributed by atoms with E-state index in [4.69, 9.17) is 0 Å². The summed E-state index contributed by atoms with van der Waals surface area (Å²) in [5.41, 5.74) is 2.93. The van der Waals surface area contributed by atoms with E-state index in [9.17, 15) is 15.0 Å². The highest BCUT2D eigenvalue weighted by molar-refractivity contribution is 6.05. The van der Waals surface area contributed by atoms with Crippen LogP contribution in [0, 0.1) is 6.92 Å². The number of pyridine rings is 1. The molecule has 2 aromatic carbocycles. The molecule has 3 N–H and O–H groups in total. The number of nitrogens with zero attached hydrogens (tertiary/aromatic N) is 1. The van der Waals surface area contributed by atoms with Gasteiger partial charge in [0.25, 0.3) is 0 Å². The molecule has 0 saturated carbocycles. The Morgan fingerprint density at radius 1 is 1.14 bits per heavy atom. The Kier molecular flexibility index (Phi) is 3.39. The van der Waals surface area contributed by atoms with Crippen LogP contribution < -0.4 is 5.32 Å². The molecule has 0 unspecified atom stereocenters. The quantitative estimate of drug-likeness (QED) is 0.642. The third-order valence-electron chi connectivity index (χ3n) is 3.34. The molecule has 0 bridgehead atoms. The second-order valence-corrected chi connectivity index (χ2v) is 4.99. The summed E-state index contributed by atoms with van der Waals surface area (Å²) < 4.78 is 0. The van der Waals surface area contributed by atoms with Crippen molar-refractivity contribution < 1.29 is 15.0 Å². The zero-order chi connectivity index (χ0) is 15.7. The fraction of sp³-hybridized carbons (Fsp3) is 0.0588. The molecule has 1 heterocycles. The summed E-state index contributed by atoms with van der Waals surface area (Å²) in [6.07, 6.45) is 0. The number of anilines is 2. The molecule has 5 nitrogen and oxygen atoms in total. The van der Waals surface area contributed by atoms with E-state index < -0.39 is 5.97 Å². The fourth-order valence-electron chi connectivity index (χ4n) is 2.35. The van der Waals surface area contributed by atoms with Crippen molar-refractivity contribution in [3.63, 3.8) is 0 Å². The highest BCUT2D eigenvalue weighted by atomic mass is 16.4. The van der Waals surface area contributed by atoms with E-state index in [0.29, 0.717) is 5.52 Å². The predicted octanol–water partition coefficient (Wildman–Crippen LogP) is 3.69. The van der Waals surface area contributed by atoms with Crippen LogP contribution in [0.4, 0.5) is 11.4 Å². The van der Waals surface area contributed by atoms with Crippen LogP contribution in [-0.4, -0.2) is 21.2 Å². The Bertz CT molecular complexity index is 858. The fourth-order valence-corrected chi connectivity index (χ4v) is 2.35. The maximum Gasteiger partial charge on any atom is 0.337 e. The maximum absolute atomic E-state index is 11.3. The molecule has 3 aromatic rings. The molecule has 3 rings (SSSR count). The first kappa shape index (κ1) is 13.9. The lowest BCUT2D eigenvalue weighted by Crippen LogP contribution is -2.01. The summed E-state index contributed by atoms with van der Waals surface area (Å²) in [5, 5.41) is 22.6. The van der Waals surface area contributed by atoms with Crippen molar-refractivity contribution in [1.29, 1.82) is 0 Å². The SMILES string of the molecule is Cc1cc(Nc2ccc(O)cc2)c2cccc(C(=O)O)c2n1.